The number of aromatic nitrogens is 2. The quantitative estimate of drug-likeness (QED) is 0.596. The van der Waals surface area contributed by atoms with Gasteiger partial charge in [-0.2, -0.15) is 0 Å². The number of anilines is 1. The number of hydrazine groups is 1. The van der Waals surface area contributed by atoms with Gasteiger partial charge in [-0.05, 0) is 25.3 Å². The lowest BCUT2D eigenvalue weighted by Crippen LogP contribution is -2.27. The van der Waals surface area contributed by atoms with Gasteiger partial charge in [-0.15, -0.1) is 11.3 Å². The van der Waals surface area contributed by atoms with Crippen LogP contribution < -0.4 is 16.8 Å². The second kappa shape index (κ2) is 3.63. The normalized spacial score (nSPS) is 11.2. The summed E-state index contributed by atoms with van der Waals surface area (Å²) >= 11 is 1.40. The van der Waals surface area contributed by atoms with Crippen LogP contribution in [0, 0.1) is 0 Å². The summed E-state index contributed by atoms with van der Waals surface area (Å²) in [5, 5.41) is 1.85. The Bertz CT molecular complexity index is 543. The van der Waals surface area contributed by atoms with Crippen molar-refractivity contribution in [3.63, 3.8) is 0 Å². The van der Waals surface area contributed by atoms with Crippen molar-refractivity contribution in [3.8, 4) is 0 Å². The van der Waals surface area contributed by atoms with Crippen LogP contribution in [0.15, 0.2) is 16.2 Å². The monoisotopic (exact) mass is 224 g/mol. The van der Waals surface area contributed by atoms with Gasteiger partial charge in [0.15, 0.2) is 0 Å². The predicted octanol–water partition coefficient (Wildman–Crippen LogP) is 1.32. The molecule has 6 heteroatoms. The van der Waals surface area contributed by atoms with Gasteiger partial charge in [0, 0.05) is 6.04 Å². The van der Waals surface area contributed by atoms with Gasteiger partial charge >= 0.3 is 0 Å². The molecule has 0 amide bonds. The Morgan fingerprint density at radius 3 is 2.93 bits per heavy atom. The summed E-state index contributed by atoms with van der Waals surface area (Å²) in [7, 11) is 0. The van der Waals surface area contributed by atoms with Crippen LogP contribution in [-0.4, -0.2) is 9.55 Å². The molecule has 3 N–H and O–H groups in total. The highest BCUT2D eigenvalue weighted by atomic mass is 32.1. The molecule has 0 spiro atoms. The van der Waals surface area contributed by atoms with E-state index in [0.29, 0.717) is 16.2 Å². The van der Waals surface area contributed by atoms with E-state index in [2.05, 4.69) is 10.4 Å². The molecule has 15 heavy (non-hydrogen) atoms. The smallest absolute Gasteiger partial charge is 0.273 e. The molecule has 0 radical (unpaired) electrons. The average Bonchev–Trinajstić information content (AvgIpc) is 2.64. The number of nitrogens with two attached hydrogens (primary N) is 1. The zero-order valence-electron chi connectivity index (χ0n) is 8.52. The zero-order valence-corrected chi connectivity index (χ0v) is 9.34. The van der Waals surface area contributed by atoms with Crippen molar-refractivity contribution in [3.05, 3.63) is 21.8 Å². The number of nitrogen functional groups attached to an aromatic ring is 1. The summed E-state index contributed by atoms with van der Waals surface area (Å²) in [6.45, 7) is 3.84. The molecular weight excluding hydrogens is 212 g/mol. The molecule has 0 aromatic carbocycles. The number of hydrogen-bond donors (Lipinski definition) is 2. The number of fused-ring (bicyclic) bond motifs is 1. The number of nitrogens with one attached hydrogen (secondary N) is 1. The minimum Gasteiger partial charge on any atom is -0.294 e. The predicted molar refractivity (Wildman–Crippen MR) is 62.1 cm³/mol. The Morgan fingerprint density at radius 1 is 1.60 bits per heavy atom. The largest absolute Gasteiger partial charge is 0.294 e. The van der Waals surface area contributed by atoms with Crippen LogP contribution in [0.25, 0.3) is 10.2 Å². The van der Waals surface area contributed by atoms with E-state index in [-0.39, 0.29) is 11.6 Å². The highest BCUT2D eigenvalue weighted by Gasteiger charge is 2.12. The maximum atomic E-state index is 12.0. The lowest BCUT2D eigenvalue weighted by Gasteiger charge is -2.14. The second-order valence-corrected chi connectivity index (χ2v) is 4.40. The summed E-state index contributed by atoms with van der Waals surface area (Å²) in [6, 6.07) is 1.84. The molecule has 2 aromatic heterocycles. The van der Waals surface area contributed by atoms with E-state index in [9.17, 15) is 4.79 Å². The van der Waals surface area contributed by atoms with Gasteiger partial charge < -0.3 is 0 Å². The molecule has 80 valence electrons. The first kappa shape index (κ1) is 10.1. The fourth-order valence-electron chi connectivity index (χ4n) is 1.51. The van der Waals surface area contributed by atoms with Crippen LogP contribution in [-0.2, 0) is 0 Å². The standard InChI is InChI=1S/C9H12N4OS/c1-5(2)13-8(14)7-6(3-4-15-7)11-9(13)12-10/h3-5H,10H2,1-2H3,(H,11,12). The highest BCUT2D eigenvalue weighted by Crippen LogP contribution is 2.18. The summed E-state index contributed by atoms with van der Waals surface area (Å²) in [4.78, 5) is 16.3. The molecule has 5 nitrogen and oxygen atoms in total. The molecule has 0 unspecified atom stereocenters. The lowest BCUT2D eigenvalue weighted by molar-refractivity contribution is 0.581. The fraction of sp³-hybridized carbons (Fsp3) is 0.333. The first-order valence-corrected chi connectivity index (χ1v) is 5.49. The van der Waals surface area contributed by atoms with Crippen molar-refractivity contribution in [2.45, 2.75) is 19.9 Å². The van der Waals surface area contributed by atoms with Gasteiger partial charge in [0.05, 0.1) is 5.52 Å². The van der Waals surface area contributed by atoms with Crippen molar-refractivity contribution in [1.29, 1.82) is 0 Å². The molecule has 2 rings (SSSR count). The molecule has 2 heterocycles. The SMILES string of the molecule is CC(C)n1c(NN)nc2ccsc2c1=O. The first-order valence-electron chi connectivity index (χ1n) is 4.61. The van der Waals surface area contributed by atoms with Gasteiger partial charge in [-0.25, -0.2) is 10.8 Å². The Kier molecular flexibility index (Phi) is 2.45. The van der Waals surface area contributed by atoms with Crippen LogP contribution in [0.3, 0.4) is 0 Å². The summed E-state index contributed by atoms with van der Waals surface area (Å²) < 4.78 is 2.22. The van der Waals surface area contributed by atoms with Crippen LogP contribution in [0.4, 0.5) is 5.95 Å². The molecule has 0 aliphatic heterocycles. The number of hydrogen-bond acceptors (Lipinski definition) is 5. The second-order valence-electron chi connectivity index (χ2n) is 3.48. The molecule has 0 fully saturated rings. The topological polar surface area (TPSA) is 72.9 Å². The Balaban J connectivity index is 2.86. The minimum absolute atomic E-state index is 0.0301. The lowest BCUT2D eigenvalue weighted by atomic mass is 10.3. The van der Waals surface area contributed by atoms with Crippen molar-refractivity contribution >= 4 is 27.5 Å². The fourth-order valence-corrected chi connectivity index (χ4v) is 2.27. The van der Waals surface area contributed by atoms with Gasteiger partial charge in [0.25, 0.3) is 5.56 Å². The maximum absolute atomic E-state index is 12.0. The van der Waals surface area contributed by atoms with E-state index >= 15 is 0 Å². The number of thiophene rings is 1. The minimum atomic E-state index is -0.0436. The Hall–Kier alpha value is -1.40. The average molecular weight is 224 g/mol. The van der Waals surface area contributed by atoms with E-state index in [1.807, 2.05) is 25.3 Å². The van der Waals surface area contributed by atoms with E-state index < -0.39 is 0 Å². The van der Waals surface area contributed by atoms with Crippen LogP contribution in [0.1, 0.15) is 19.9 Å². The summed E-state index contributed by atoms with van der Waals surface area (Å²) in [6.07, 6.45) is 0. The highest BCUT2D eigenvalue weighted by molar-refractivity contribution is 7.17. The molecule has 0 aliphatic rings. The molecule has 0 saturated heterocycles. The van der Waals surface area contributed by atoms with Crippen molar-refractivity contribution in [1.82, 2.24) is 9.55 Å². The molecule has 0 aliphatic carbocycles. The van der Waals surface area contributed by atoms with Gasteiger partial charge in [0.2, 0.25) is 5.95 Å². The Labute approximate surface area is 90.5 Å². The van der Waals surface area contributed by atoms with E-state index in [4.69, 9.17) is 5.84 Å². The third-order valence-corrected chi connectivity index (χ3v) is 3.05. The first-order chi connectivity index (χ1) is 7.15. The zero-order chi connectivity index (χ0) is 11.0. The van der Waals surface area contributed by atoms with Crippen LogP contribution >= 0.6 is 11.3 Å². The third-order valence-electron chi connectivity index (χ3n) is 2.16. The third kappa shape index (κ3) is 1.51. The number of nitrogens with zero attached hydrogens (tertiary/aromatic N) is 2. The molecule has 0 atom stereocenters. The van der Waals surface area contributed by atoms with Crippen LogP contribution in [0.5, 0.6) is 0 Å². The maximum Gasteiger partial charge on any atom is 0.273 e. The molecule has 2 aromatic rings. The Morgan fingerprint density at radius 2 is 2.33 bits per heavy atom. The van der Waals surface area contributed by atoms with Crippen molar-refractivity contribution in [2.24, 2.45) is 5.84 Å². The molecular formula is C9H12N4OS. The molecule has 0 saturated carbocycles. The van der Waals surface area contributed by atoms with Gasteiger partial charge in [-0.3, -0.25) is 14.8 Å². The van der Waals surface area contributed by atoms with E-state index in [1.165, 1.54) is 11.3 Å². The summed E-state index contributed by atoms with van der Waals surface area (Å²) in [5.74, 6) is 5.75. The molecule has 0 bridgehead atoms. The van der Waals surface area contributed by atoms with E-state index in [0.717, 1.165) is 0 Å². The van der Waals surface area contributed by atoms with Crippen molar-refractivity contribution < 1.29 is 0 Å². The van der Waals surface area contributed by atoms with Gasteiger partial charge in [-0.1, -0.05) is 0 Å². The van der Waals surface area contributed by atoms with E-state index in [1.54, 1.807) is 4.57 Å². The number of rotatable bonds is 2. The van der Waals surface area contributed by atoms with Crippen LogP contribution in [0.2, 0.25) is 0 Å². The van der Waals surface area contributed by atoms with Gasteiger partial charge in [0.1, 0.15) is 4.70 Å². The summed E-state index contributed by atoms with van der Waals surface area (Å²) in [5.41, 5.74) is 3.10. The van der Waals surface area contributed by atoms with Crippen molar-refractivity contribution in [2.75, 3.05) is 5.43 Å².